The standard InChI is InChI=1S/C13H16O/c14-13-9-8-12(10-13)7-6-11-4-2-1-3-5-11/h1-7,12-14H,8-10H2/b7-6+/t12-,13+/m1/s1. The molecule has 1 nitrogen and oxygen atoms in total. The Morgan fingerprint density at radius 2 is 1.93 bits per heavy atom. The van der Waals surface area contributed by atoms with Crippen LogP contribution in [0.2, 0.25) is 0 Å². The van der Waals surface area contributed by atoms with Crippen LogP contribution in [0.3, 0.4) is 0 Å². The van der Waals surface area contributed by atoms with E-state index in [2.05, 4.69) is 24.3 Å². The molecule has 1 heteroatoms. The molecule has 74 valence electrons. The van der Waals surface area contributed by atoms with Crippen molar-refractivity contribution < 1.29 is 5.11 Å². The minimum absolute atomic E-state index is 0.0691. The van der Waals surface area contributed by atoms with E-state index in [0.29, 0.717) is 5.92 Å². The molecule has 1 aliphatic carbocycles. The van der Waals surface area contributed by atoms with Gasteiger partial charge in [-0.25, -0.2) is 0 Å². The van der Waals surface area contributed by atoms with Crippen molar-refractivity contribution in [2.45, 2.75) is 25.4 Å². The molecule has 1 fully saturated rings. The van der Waals surface area contributed by atoms with Crippen molar-refractivity contribution in [1.29, 1.82) is 0 Å². The van der Waals surface area contributed by atoms with Gasteiger partial charge in [0.2, 0.25) is 0 Å². The molecule has 2 rings (SSSR count). The highest BCUT2D eigenvalue weighted by atomic mass is 16.3. The van der Waals surface area contributed by atoms with E-state index in [4.69, 9.17) is 0 Å². The van der Waals surface area contributed by atoms with Crippen LogP contribution in [0.15, 0.2) is 36.4 Å². The SMILES string of the molecule is O[C@H]1CC[C@@H](/C=C/c2ccccc2)C1. The van der Waals surface area contributed by atoms with Gasteiger partial charge in [-0.2, -0.15) is 0 Å². The summed E-state index contributed by atoms with van der Waals surface area (Å²) in [5, 5.41) is 9.36. The largest absolute Gasteiger partial charge is 0.393 e. The summed E-state index contributed by atoms with van der Waals surface area (Å²) < 4.78 is 0. The first-order valence-corrected chi connectivity index (χ1v) is 5.26. The zero-order valence-corrected chi connectivity index (χ0v) is 8.26. The predicted molar refractivity (Wildman–Crippen MR) is 58.8 cm³/mol. The fourth-order valence-electron chi connectivity index (χ4n) is 1.98. The lowest BCUT2D eigenvalue weighted by molar-refractivity contribution is 0.180. The average Bonchev–Trinajstić information content (AvgIpc) is 2.63. The van der Waals surface area contributed by atoms with Crippen LogP contribution in [0.1, 0.15) is 24.8 Å². The van der Waals surface area contributed by atoms with Crippen molar-refractivity contribution in [1.82, 2.24) is 0 Å². The molecule has 1 aromatic rings. The van der Waals surface area contributed by atoms with E-state index in [1.807, 2.05) is 18.2 Å². The van der Waals surface area contributed by atoms with Gasteiger partial charge in [0.15, 0.2) is 0 Å². The average molecular weight is 188 g/mol. The number of aliphatic hydroxyl groups is 1. The first-order valence-electron chi connectivity index (χ1n) is 5.26. The Hall–Kier alpha value is -1.08. The van der Waals surface area contributed by atoms with Gasteiger partial charge in [-0.1, -0.05) is 42.5 Å². The highest BCUT2D eigenvalue weighted by molar-refractivity contribution is 5.49. The topological polar surface area (TPSA) is 20.2 Å². The molecule has 0 amide bonds. The summed E-state index contributed by atoms with van der Waals surface area (Å²) in [5.74, 6) is 0.574. The predicted octanol–water partition coefficient (Wildman–Crippen LogP) is 2.86. The maximum absolute atomic E-state index is 9.36. The van der Waals surface area contributed by atoms with Crippen molar-refractivity contribution in [3.05, 3.63) is 42.0 Å². The smallest absolute Gasteiger partial charge is 0.0546 e. The Bertz CT molecular complexity index is 302. The maximum atomic E-state index is 9.36. The number of allylic oxidation sites excluding steroid dienone is 1. The van der Waals surface area contributed by atoms with Gasteiger partial charge in [0, 0.05) is 0 Å². The lowest BCUT2D eigenvalue weighted by atomic mass is 10.1. The minimum atomic E-state index is -0.0691. The molecule has 1 N–H and O–H groups in total. The summed E-state index contributed by atoms with van der Waals surface area (Å²) in [7, 11) is 0. The highest BCUT2D eigenvalue weighted by Gasteiger charge is 2.19. The van der Waals surface area contributed by atoms with Crippen LogP contribution in [0.5, 0.6) is 0 Å². The molecule has 0 heterocycles. The van der Waals surface area contributed by atoms with Crippen LogP contribution in [-0.2, 0) is 0 Å². The van der Waals surface area contributed by atoms with E-state index in [1.165, 1.54) is 5.56 Å². The van der Waals surface area contributed by atoms with Crippen molar-refractivity contribution in [2.24, 2.45) is 5.92 Å². The maximum Gasteiger partial charge on any atom is 0.0546 e. The van der Waals surface area contributed by atoms with Gasteiger partial charge in [0.1, 0.15) is 0 Å². The van der Waals surface area contributed by atoms with Crippen molar-refractivity contribution >= 4 is 6.08 Å². The lowest BCUT2D eigenvalue weighted by Gasteiger charge is -2.01. The summed E-state index contributed by atoms with van der Waals surface area (Å²) >= 11 is 0. The Morgan fingerprint density at radius 3 is 2.57 bits per heavy atom. The van der Waals surface area contributed by atoms with Crippen LogP contribution in [0, 0.1) is 5.92 Å². The van der Waals surface area contributed by atoms with E-state index >= 15 is 0 Å². The van der Waals surface area contributed by atoms with Gasteiger partial charge < -0.3 is 5.11 Å². The van der Waals surface area contributed by atoms with Crippen LogP contribution in [0.4, 0.5) is 0 Å². The number of rotatable bonds is 2. The molecule has 0 aliphatic heterocycles. The molecular weight excluding hydrogens is 172 g/mol. The Labute approximate surface area is 85.1 Å². The molecule has 14 heavy (non-hydrogen) atoms. The third kappa shape index (κ3) is 2.46. The van der Waals surface area contributed by atoms with Crippen LogP contribution in [0.25, 0.3) is 6.08 Å². The van der Waals surface area contributed by atoms with Gasteiger partial charge in [-0.15, -0.1) is 0 Å². The number of hydrogen-bond donors (Lipinski definition) is 1. The van der Waals surface area contributed by atoms with Gasteiger partial charge in [0.25, 0.3) is 0 Å². The number of aliphatic hydroxyl groups excluding tert-OH is 1. The number of benzene rings is 1. The summed E-state index contributed by atoms with van der Waals surface area (Å²) in [4.78, 5) is 0. The molecule has 0 bridgehead atoms. The van der Waals surface area contributed by atoms with Gasteiger partial charge in [-0.05, 0) is 30.7 Å². The van der Waals surface area contributed by atoms with Crippen molar-refractivity contribution in [3.8, 4) is 0 Å². The number of hydrogen-bond acceptors (Lipinski definition) is 1. The molecule has 0 radical (unpaired) electrons. The molecular formula is C13H16O. The summed E-state index contributed by atoms with van der Waals surface area (Å²) in [5.41, 5.74) is 1.24. The first-order chi connectivity index (χ1) is 6.84. The van der Waals surface area contributed by atoms with Crippen molar-refractivity contribution in [3.63, 3.8) is 0 Å². The molecule has 0 saturated heterocycles. The molecule has 0 unspecified atom stereocenters. The minimum Gasteiger partial charge on any atom is -0.393 e. The molecule has 1 aromatic carbocycles. The molecule has 1 saturated carbocycles. The van der Waals surface area contributed by atoms with Crippen LogP contribution in [-0.4, -0.2) is 11.2 Å². The molecule has 1 aliphatic rings. The molecule has 0 aromatic heterocycles. The summed E-state index contributed by atoms with van der Waals surface area (Å²) in [6.07, 6.45) is 7.34. The van der Waals surface area contributed by atoms with E-state index < -0.39 is 0 Å². The Kier molecular flexibility index (Phi) is 3.00. The molecule has 0 spiro atoms. The zero-order valence-electron chi connectivity index (χ0n) is 8.26. The van der Waals surface area contributed by atoms with E-state index in [0.717, 1.165) is 19.3 Å². The second-order valence-corrected chi connectivity index (χ2v) is 4.00. The third-order valence-electron chi connectivity index (χ3n) is 2.81. The lowest BCUT2D eigenvalue weighted by Crippen LogP contribution is -1.98. The van der Waals surface area contributed by atoms with Gasteiger partial charge >= 0.3 is 0 Å². The van der Waals surface area contributed by atoms with E-state index in [-0.39, 0.29) is 6.10 Å². The third-order valence-corrected chi connectivity index (χ3v) is 2.81. The second-order valence-electron chi connectivity index (χ2n) is 4.00. The molecule has 2 atom stereocenters. The van der Waals surface area contributed by atoms with Gasteiger partial charge in [0.05, 0.1) is 6.10 Å². The van der Waals surface area contributed by atoms with E-state index in [9.17, 15) is 5.11 Å². The first kappa shape index (κ1) is 9.47. The second kappa shape index (κ2) is 4.43. The Balaban J connectivity index is 1.94. The van der Waals surface area contributed by atoms with Crippen LogP contribution >= 0.6 is 0 Å². The van der Waals surface area contributed by atoms with E-state index in [1.54, 1.807) is 0 Å². The summed E-state index contributed by atoms with van der Waals surface area (Å²) in [6, 6.07) is 10.3. The quantitative estimate of drug-likeness (QED) is 0.756. The van der Waals surface area contributed by atoms with Crippen molar-refractivity contribution in [2.75, 3.05) is 0 Å². The van der Waals surface area contributed by atoms with Gasteiger partial charge in [-0.3, -0.25) is 0 Å². The monoisotopic (exact) mass is 188 g/mol. The highest BCUT2D eigenvalue weighted by Crippen LogP contribution is 2.26. The van der Waals surface area contributed by atoms with Crippen LogP contribution < -0.4 is 0 Å². The Morgan fingerprint density at radius 1 is 1.14 bits per heavy atom. The fraction of sp³-hybridized carbons (Fsp3) is 0.385. The fourth-order valence-corrected chi connectivity index (χ4v) is 1.98. The zero-order chi connectivity index (χ0) is 9.80. The summed E-state index contributed by atoms with van der Waals surface area (Å²) in [6.45, 7) is 0. The normalized spacial score (nSPS) is 27.2.